The van der Waals surface area contributed by atoms with Gasteiger partial charge in [0.25, 0.3) is 0 Å². The maximum atomic E-state index is 3.59. The van der Waals surface area contributed by atoms with Crippen LogP contribution in [0.4, 0.5) is 0 Å². The molecule has 1 aliphatic heterocycles. The second kappa shape index (κ2) is 9.01. The van der Waals surface area contributed by atoms with Crippen molar-refractivity contribution in [1.82, 2.24) is 15.1 Å². The predicted molar refractivity (Wildman–Crippen MR) is 87.3 cm³/mol. The quantitative estimate of drug-likeness (QED) is 0.738. The van der Waals surface area contributed by atoms with Crippen molar-refractivity contribution in [3.8, 4) is 0 Å². The van der Waals surface area contributed by atoms with Crippen molar-refractivity contribution in [2.24, 2.45) is 0 Å². The van der Waals surface area contributed by atoms with Gasteiger partial charge in [0, 0.05) is 38.3 Å². The summed E-state index contributed by atoms with van der Waals surface area (Å²) in [5.74, 6) is 0. The molecule has 2 aliphatic rings. The molecule has 3 nitrogen and oxygen atoms in total. The van der Waals surface area contributed by atoms with E-state index in [-0.39, 0.29) is 0 Å². The summed E-state index contributed by atoms with van der Waals surface area (Å²) in [7, 11) is 0. The molecule has 1 saturated heterocycles. The topological polar surface area (TPSA) is 18.5 Å². The molecule has 1 unspecified atom stereocenters. The van der Waals surface area contributed by atoms with Crippen molar-refractivity contribution in [3.63, 3.8) is 0 Å². The molecule has 0 amide bonds. The molecule has 2 fully saturated rings. The zero-order valence-electron chi connectivity index (χ0n) is 13.7. The summed E-state index contributed by atoms with van der Waals surface area (Å²) in [5.41, 5.74) is 0. The molecule has 20 heavy (non-hydrogen) atoms. The van der Waals surface area contributed by atoms with Gasteiger partial charge in [-0.15, -0.1) is 0 Å². The fourth-order valence-corrected chi connectivity index (χ4v) is 3.92. The third-order valence-corrected chi connectivity index (χ3v) is 5.26. The number of rotatable bonds is 8. The highest BCUT2D eigenvalue weighted by Gasteiger charge is 2.25. The molecule has 1 aliphatic carbocycles. The highest BCUT2D eigenvalue weighted by Crippen LogP contribution is 2.24. The Kier molecular flexibility index (Phi) is 7.32. The van der Waals surface area contributed by atoms with Gasteiger partial charge >= 0.3 is 0 Å². The molecule has 0 aromatic heterocycles. The van der Waals surface area contributed by atoms with E-state index in [0.717, 1.165) is 18.6 Å². The molecule has 1 heterocycles. The lowest BCUT2D eigenvalue weighted by Gasteiger charge is -2.38. The first kappa shape index (κ1) is 16.3. The van der Waals surface area contributed by atoms with E-state index in [1.54, 1.807) is 0 Å². The number of hydrogen-bond donors (Lipinski definition) is 1. The van der Waals surface area contributed by atoms with Gasteiger partial charge in [0.2, 0.25) is 0 Å². The molecule has 3 heteroatoms. The van der Waals surface area contributed by atoms with Gasteiger partial charge in [-0.1, -0.05) is 26.7 Å². The van der Waals surface area contributed by atoms with E-state index in [9.17, 15) is 0 Å². The molecule has 0 bridgehead atoms. The van der Waals surface area contributed by atoms with Crippen LogP contribution in [0, 0.1) is 0 Å². The number of nitrogens with zero attached hydrogens (tertiary/aromatic N) is 2. The highest BCUT2D eigenvalue weighted by atomic mass is 15.3. The smallest absolute Gasteiger partial charge is 0.0113 e. The van der Waals surface area contributed by atoms with E-state index in [1.807, 2.05) is 0 Å². The van der Waals surface area contributed by atoms with Crippen LogP contribution in [0.15, 0.2) is 0 Å². The zero-order chi connectivity index (χ0) is 14.2. The van der Waals surface area contributed by atoms with E-state index in [4.69, 9.17) is 0 Å². The Morgan fingerprint density at radius 1 is 1.05 bits per heavy atom. The van der Waals surface area contributed by atoms with Crippen LogP contribution in [0.2, 0.25) is 0 Å². The second-order valence-electron chi connectivity index (χ2n) is 6.62. The third-order valence-electron chi connectivity index (χ3n) is 5.26. The Morgan fingerprint density at radius 3 is 2.35 bits per heavy atom. The van der Waals surface area contributed by atoms with Crippen LogP contribution in [-0.2, 0) is 0 Å². The molecule has 118 valence electrons. The lowest BCUT2D eigenvalue weighted by molar-refractivity contribution is 0.0962. The van der Waals surface area contributed by atoms with Gasteiger partial charge in [-0.05, 0) is 45.2 Å². The maximum Gasteiger partial charge on any atom is 0.0113 e. The Hall–Kier alpha value is -0.120. The van der Waals surface area contributed by atoms with E-state index in [1.165, 1.54) is 77.7 Å². The van der Waals surface area contributed by atoms with Gasteiger partial charge in [-0.3, -0.25) is 4.90 Å². The van der Waals surface area contributed by atoms with Gasteiger partial charge in [0.15, 0.2) is 0 Å². The molecule has 1 N–H and O–H groups in total. The Morgan fingerprint density at radius 2 is 1.75 bits per heavy atom. The average molecular weight is 281 g/mol. The van der Waals surface area contributed by atoms with Crippen LogP contribution < -0.4 is 5.32 Å². The first-order valence-corrected chi connectivity index (χ1v) is 9.03. The van der Waals surface area contributed by atoms with E-state index in [2.05, 4.69) is 29.0 Å². The van der Waals surface area contributed by atoms with Crippen molar-refractivity contribution >= 4 is 0 Å². The molecule has 2 rings (SSSR count). The van der Waals surface area contributed by atoms with Crippen LogP contribution >= 0.6 is 0 Å². The van der Waals surface area contributed by atoms with Crippen LogP contribution in [-0.4, -0.2) is 61.2 Å². The highest BCUT2D eigenvalue weighted by molar-refractivity contribution is 4.82. The normalized spacial score (nSPS) is 24.3. The molecule has 0 radical (unpaired) electrons. The minimum Gasteiger partial charge on any atom is -0.314 e. The van der Waals surface area contributed by atoms with Crippen LogP contribution in [0.3, 0.4) is 0 Å². The molecule has 0 spiro atoms. The Balaban J connectivity index is 1.57. The van der Waals surface area contributed by atoms with Crippen molar-refractivity contribution in [2.75, 3.05) is 39.3 Å². The Labute approximate surface area is 126 Å². The minimum atomic E-state index is 0.736. The van der Waals surface area contributed by atoms with E-state index in [0.29, 0.717) is 0 Å². The summed E-state index contributed by atoms with van der Waals surface area (Å²) >= 11 is 0. The average Bonchev–Trinajstić information content (AvgIpc) is 3.01. The molecule has 1 atom stereocenters. The molecule has 0 aromatic rings. The number of piperazine rings is 1. The van der Waals surface area contributed by atoms with E-state index < -0.39 is 0 Å². The molecular weight excluding hydrogens is 246 g/mol. The monoisotopic (exact) mass is 281 g/mol. The van der Waals surface area contributed by atoms with Crippen molar-refractivity contribution in [1.29, 1.82) is 0 Å². The molecular formula is C17H35N3. The summed E-state index contributed by atoms with van der Waals surface area (Å²) in [5, 5.41) is 3.59. The molecule has 1 saturated carbocycles. The first-order chi connectivity index (χ1) is 9.83. The Bertz CT molecular complexity index is 243. The summed E-state index contributed by atoms with van der Waals surface area (Å²) in [6.45, 7) is 12.2. The van der Waals surface area contributed by atoms with Gasteiger partial charge < -0.3 is 10.2 Å². The second-order valence-corrected chi connectivity index (χ2v) is 6.62. The van der Waals surface area contributed by atoms with Gasteiger partial charge in [0.1, 0.15) is 0 Å². The fourth-order valence-electron chi connectivity index (χ4n) is 3.92. The van der Waals surface area contributed by atoms with Gasteiger partial charge in [-0.2, -0.15) is 0 Å². The SMILES string of the molecule is CCNC(CC)CCCN1CCN(C2CCCC2)CC1. The number of hydrogen-bond acceptors (Lipinski definition) is 3. The van der Waals surface area contributed by atoms with Crippen molar-refractivity contribution in [3.05, 3.63) is 0 Å². The summed E-state index contributed by atoms with van der Waals surface area (Å²) in [6, 6.07) is 1.66. The summed E-state index contributed by atoms with van der Waals surface area (Å²) in [4.78, 5) is 5.45. The van der Waals surface area contributed by atoms with Crippen LogP contribution in [0.5, 0.6) is 0 Å². The van der Waals surface area contributed by atoms with Crippen LogP contribution in [0.1, 0.15) is 58.8 Å². The molecule has 0 aromatic carbocycles. The fraction of sp³-hybridized carbons (Fsp3) is 1.00. The lowest BCUT2D eigenvalue weighted by atomic mass is 10.1. The maximum absolute atomic E-state index is 3.59. The first-order valence-electron chi connectivity index (χ1n) is 9.03. The summed E-state index contributed by atoms with van der Waals surface area (Å²) < 4.78 is 0. The predicted octanol–water partition coefficient (Wildman–Crippen LogP) is 2.71. The zero-order valence-corrected chi connectivity index (χ0v) is 13.7. The lowest BCUT2D eigenvalue weighted by Crippen LogP contribution is -2.49. The van der Waals surface area contributed by atoms with Crippen molar-refractivity contribution in [2.45, 2.75) is 70.9 Å². The van der Waals surface area contributed by atoms with Crippen LogP contribution in [0.25, 0.3) is 0 Å². The number of nitrogens with one attached hydrogen (secondary N) is 1. The van der Waals surface area contributed by atoms with Gasteiger partial charge in [0.05, 0.1) is 0 Å². The minimum absolute atomic E-state index is 0.736. The third kappa shape index (κ3) is 5.01. The largest absolute Gasteiger partial charge is 0.314 e. The standard InChI is InChI=1S/C17H35N3/c1-3-16(18-4-2)8-7-11-19-12-14-20(15-13-19)17-9-5-6-10-17/h16-18H,3-15H2,1-2H3. The van der Waals surface area contributed by atoms with Gasteiger partial charge in [-0.25, -0.2) is 0 Å². The van der Waals surface area contributed by atoms with E-state index >= 15 is 0 Å². The van der Waals surface area contributed by atoms with Crippen molar-refractivity contribution < 1.29 is 0 Å². The summed E-state index contributed by atoms with van der Waals surface area (Å²) in [6.07, 6.45) is 9.81.